The number of hydrogen-bond acceptors (Lipinski definition) is 6. The van der Waals surface area contributed by atoms with Crippen molar-refractivity contribution in [1.29, 1.82) is 5.26 Å². The molecule has 172 valence electrons. The molecule has 4 rings (SSSR count). The van der Waals surface area contributed by atoms with Crippen LogP contribution in [0.15, 0.2) is 46.2 Å². The van der Waals surface area contributed by atoms with Crippen molar-refractivity contribution in [3.63, 3.8) is 0 Å². The number of aliphatic hydroxyl groups is 1. The zero-order valence-corrected chi connectivity index (χ0v) is 18.8. The van der Waals surface area contributed by atoms with Crippen LogP contribution in [0, 0.1) is 18.3 Å². The molecule has 1 amide bonds. The van der Waals surface area contributed by atoms with Gasteiger partial charge in [-0.25, -0.2) is 9.36 Å². The van der Waals surface area contributed by atoms with Crippen LogP contribution < -0.4 is 11.0 Å². The van der Waals surface area contributed by atoms with E-state index in [1.165, 1.54) is 24.3 Å². The van der Waals surface area contributed by atoms with E-state index in [0.29, 0.717) is 27.4 Å². The van der Waals surface area contributed by atoms with Crippen LogP contribution in [0.4, 0.5) is 5.69 Å². The molecule has 4 N–H and O–H groups in total. The number of aromatic nitrogens is 2. The monoisotopic (exact) mass is 477 g/mol. The fourth-order valence-electron chi connectivity index (χ4n) is 3.78. The van der Waals surface area contributed by atoms with E-state index in [1.54, 1.807) is 24.4 Å². The summed E-state index contributed by atoms with van der Waals surface area (Å²) in [4.78, 5) is 32.8. The molecule has 1 aliphatic rings. The molecule has 3 aromatic rings. The van der Waals surface area contributed by atoms with Crippen molar-refractivity contribution in [1.82, 2.24) is 14.9 Å². The fraction of sp³-hybridized carbons (Fsp3) is 0.167. The molecule has 1 atom stereocenters. The molecule has 2 aromatic carbocycles. The number of allylic oxidation sites excluding steroid dienone is 1. The van der Waals surface area contributed by atoms with Gasteiger partial charge in [-0.05, 0) is 42.3 Å². The number of aliphatic hydroxyl groups excluding tert-OH is 1. The lowest BCUT2D eigenvalue weighted by Crippen LogP contribution is -2.38. The molecule has 0 saturated carbocycles. The van der Waals surface area contributed by atoms with Gasteiger partial charge in [-0.3, -0.25) is 9.79 Å². The van der Waals surface area contributed by atoms with Gasteiger partial charge in [0.25, 0.3) is 0 Å². The second-order valence-electron chi connectivity index (χ2n) is 7.61. The molecule has 9 nitrogen and oxygen atoms in total. The van der Waals surface area contributed by atoms with E-state index >= 15 is 0 Å². The summed E-state index contributed by atoms with van der Waals surface area (Å²) in [6.07, 6.45) is 3.17. The molecule has 0 bridgehead atoms. The summed E-state index contributed by atoms with van der Waals surface area (Å²) >= 11 is 6.17. The number of nitrogens with one attached hydrogen (secondary N) is 2. The number of carbonyl (C=O) groups is 1. The highest BCUT2D eigenvalue weighted by Crippen LogP contribution is 2.39. The number of nitrogens with zero attached hydrogens (tertiary/aromatic N) is 3. The van der Waals surface area contributed by atoms with E-state index in [0.717, 1.165) is 15.7 Å². The van der Waals surface area contributed by atoms with Gasteiger partial charge in [-0.2, -0.15) is 5.26 Å². The lowest BCUT2D eigenvalue weighted by molar-refractivity contribution is -0.123. The van der Waals surface area contributed by atoms with Crippen LogP contribution in [-0.4, -0.2) is 45.0 Å². The molecular weight excluding hydrogens is 458 g/mol. The van der Waals surface area contributed by atoms with Gasteiger partial charge in [0.05, 0.1) is 23.9 Å². The minimum Gasteiger partial charge on any atom is -0.493 e. The molecule has 10 heteroatoms. The number of hydrogen-bond donors (Lipinski definition) is 4. The summed E-state index contributed by atoms with van der Waals surface area (Å²) < 4.78 is 0.931. The first-order valence-corrected chi connectivity index (χ1v) is 10.7. The maximum Gasteiger partial charge on any atom is 0.329 e. The standard InChI is InChI=1S/C24H20ClN5O4/c1-13-18(25)7-6-17-16(12-28-20(13)17)10-19-23(33)30(24(34)29-19)21(22(32)27-8-9-31)15-4-2-14(11-26)3-5-15/h2-7,10,12,21,31,33H,8-9H2,1H3,(H,27,32)(H,29,34). The molecule has 0 aliphatic carbocycles. The number of aromatic hydroxyl groups is 1. The maximum absolute atomic E-state index is 12.9. The first kappa shape index (κ1) is 23.0. The first-order chi connectivity index (χ1) is 16.3. The number of aliphatic imine (C=N–C) groups is 1. The lowest BCUT2D eigenvalue weighted by atomic mass is 10.0. The Balaban J connectivity index is 1.79. The number of amides is 1. The molecular formula is C24H20ClN5O4. The molecule has 0 radical (unpaired) electrons. The van der Waals surface area contributed by atoms with Crippen LogP contribution in [-0.2, 0) is 4.79 Å². The van der Waals surface area contributed by atoms with Crippen molar-refractivity contribution < 1.29 is 15.0 Å². The van der Waals surface area contributed by atoms with E-state index in [2.05, 4.69) is 15.3 Å². The van der Waals surface area contributed by atoms with Crippen molar-refractivity contribution in [3.05, 3.63) is 79.9 Å². The molecule has 1 unspecified atom stereocenters. The fourth-order valence-corrected chi connectivity index (χ4v) is 3.93. The maximum atomic E-state index is 12.9. The van der Waals surface area contributed by atoms with Crippen LogP contribution in [0.5, 0.6) is 5.88 Å². The second-order valence-corrected chi connectivity index (χ2v) is 8.02. The molecule has 1 aromatic heterocycles. The van der Waals surface area contributed by atoms with Gasteiger partial charge in [0.2, 0.25) is 11.8 Å². The minimum atomic E-state index is -1.24. The van der Waals surface area contributed by atoms with Crippen LogP contribution in [0.3, 0.4) is 0 Å². The van der Waals surface area contributed by atoms with E-state index in [1.807, 2.05) is 13.0 Å². The molecule has 2 heterocycles. The third kappa shape index (κ3) is 4.12. The summed E-state index contributed by atoms with van der Waals surface area (Å²) in [6, 6.07) is 10.4. The second kappa shape index (κ2) is 9.39. The summed E-state index contributed by atoms with van der Waals surface area (Å²) in [5.41, 5.74) is 3.11. The highest BCUT2D eigenvalue weighted by atomic mass is 35.5. The smallest absolute Gasteiger partial charge is 0.329 e. The average molecular weight is 478 g/mol. The molecule has 0 saturated heterocycles. The molecule has 34 heavy (non-hydrogen) atoms. The van der Waals surface area contributed by atoms with Gasteiger partial charge in [0.15, 0.2) is 0 Å². The summed E-state index contributed by atoms with van der Waals surface area (Å²) in [6.45, 7) is 1.53. The average Bonchev–Trinajstić information content (AvgIpc) is 3.37. The van der Waals surface area contributed by atoms with Crippen LogP contribution >= 0.6 is 11.6 Å². The number of rotatable bonds is 6. The lowest BCUT2D eigenvalue weighted by Gasteiger charge is -2.18. The van der Waals surface area contributed by atoms with Crippen molar-refractivity contribution in [3.8, 4) is 11.9 Å². The Hall–Kier alpha value is -4.13. The Morgan fingerprint density at radius 3 is 2.74 bits per heavy atom. The zero-order chi connectivity index (χ0) is 24.4. The van der Waals surface area contributed by atoms with Crippen molar-refractivity contribution in [2.24, 2.45) is 4.99 Å². The molecule has 1 aliphatic heterocycles. The summed E-state index contributed by atoms with van der Waals surface area (Å²) in [7, 11) is 0. The highest BCUT2D eigenvalue weighted by molar-refractivity contribution is 6.32. The number of halogens is 1. The number of H-pyrrole nitrogens is 1. The van der Waals surface area contributed by atoms with Crippen molar-refractivity contribution in [2.45, 2.75) is 13.0 Å². The highest BCUT2D eigenvalue weighted by Gasteiger charge is 2.29. The SMILES string of the molecule is Cc1c(Cl)ccc2c1N=CC2=Cc1[nH]c(=O)n(C(C(=O)NCCO)c2ccc(C#N)cc2)c1O. The third-order valence-electron chi connectivity index (χ3n) is 5.51. The number of imidazole rings is 1. The Morgan fingerprint density at radius 1 is 1.32 bits per heavy atom. The quantitative estimate of drug-likeness (QED) is 0.431. The Labute approximate surface area is 199 Å². The number of benzene rings is 2. The van der Waals surface area contributed by atoms with Gasteiger partial charge in [-0.1, -0.05) is 29.8 Å². The Bertz CT molecular complexity index is 1430. The predicted molar refractivity (Wildman–Crippen MR) is 128 cm³/mol. The summed E-state index contributed by atoms with van der Waals surface area (Å²) in [5, 5.41) is 32.2. The molecule has 0 fully saturated rings. The van der Waals surface area contributed by atoms with Crippen molar-refractivity contribution >= 4 is 41.1 Å². The van der Waals surface area contributed by atoms with Gasteiger partial charge < -0.3 is 20.5 Å². The van der Waals surface area contributed by atoms with Gasteiger partial charge in [0.1, 0.15) is 11.7 Å². The zero-order valence-electron chi connectivity index (χ0n) is 18.0. The van der Waals surface area contributed by atoms with Crippen LogP contribution in [0.25, 0.3) is 11.6 Å². The van der Waals surface area contributed by atoms with Gasteiger partial charge in [-0.15, -0.1) is 0 Å². The largest absolute Gasteiger partial charge is 0.493 e. The summed E-state index contributed by atoms with van der Waals surface area (Å²) in [5.74, 6) is -1.05. The minimum absolute atomic E-state index is 0.0301. The third-order valence-corrected chi connectivity index (χ3v) is 5.92. The van der Waals surface area contributed by atoms with Crippen LogP contribution in [0.2, 0.25) is 5.02 Å². The first-order valence-electron chi connectivity index (χ1n) is 10.3. The van der Waals surface area contributed by atoms with E-state index in [4.69, 9.17) is 22.0 Å². The van der Waals surface area contributed by atoms with E-state index < -0.39 is 23.5 Å². The Morgan fingerprint density at radius 2 is 2.06 bits per heavy atom. The van der Waals surface area contributed by atoms with Crippen molar-refractivity contribution in [2.75, 3.05) is 13.2 Å². The molecule has 0 spiro atoms. The number of nitriles is 1. The van der Waals surface area contributed by atoms with Gasteiger partial charge in [0, 0.05) is 28.9 Å². The normalized spacial score (nSPS) is 14.1. The van der Waals surface area contributed by atoms with Crippen LogP contribution in [0.1, 0.15) is 34.0 Å². The number of fused-ring (bicyclic) bond motifs is 1. The van der Waals surface area contributed by atoms with Gasteiger partial charge >= 0.3 is 5.69 Å². The number of aromatic amines is 1. The van der Waals surface area contributed by atoms with E-state index in [9.17, 15) is 14.7 Å². The predicted octanol–water partition coefficient (Wildman–Crippen LogP) is 2.67. The Kier molecular flexibility index (Phi) is 6.36. The number of carbonyl (C=O) groups excluding carboxylic acids is 1. The topological polar surface area (TPSA) is 144 Å². The van der Waals surface area contributed by atoms with E-state index in [-0.39, 0.29) is 18.8 Å².